The molecule has 0 amide bonds. The number of nitrogens with zero attached hydrogens (tertiary/aromatic N) is 1. The molecular weight excluding hydrogens is 274 g/mol. The Labute approximate surface area is 124 Å². The van der Waals surface area contributed by atoms with Gasteiger partial charge >= 0.3 is 5.97 Å². The molecule has 1 heterocycles. The first-order chi connectivity index (χ1) is 10.1. The lowest BCUT2D eigenvalue weighted by molar-refractivity contribution is -0.146. The van der Waals surface area contributed by atoms with Crippen LogP contribution in [0.3, 0.4) is 0 Å². The predicted octanol–water partition coefficient (Wildman–Crippen LogP) is 0.812. The minimum Gasteiger partial charge on any atom is -0.493 e. The van der Waals surface area contributed by atoms with E-state index in [0.717, 1.165) is 5.56 Å². The number of aliphatic hydroxyl groups excluding tert-OH is 1. The van der Waals surface area contributed by atoms with Crippen LogP contribution in [0.1, 0.15) is 12.0 Å². The van der Waals surface area contributed by atoms with Crippen LogP contribution >= 0.6 is 0 Å². The summed E-state index contributed by atoms with van der Waals surface area (Å²) >= 11 is 0. The number of hydrogen-bond donors (Lipinski definition) is 1. The topological polar surface area (TPSA) is 68.2 Å². The van der Waals surface area contributed by atoms with Crippen molar-refractivity contribution in [3.63, 3.8) is 0 Å². The van der Waals surface area contributed by atoms with Crippen molar-refractivity contribution in [2.24, 2.45) is 0 Å². The number of carbonyl (C=O) groups is 1. The van der Waals surface area contributed by atoms with E-state index in [1.807, 2.05) is 23.1 Å². The number of benzene rings is 1. The molecule has 6 heteroatoms. The van der Waals surface area contributed by atoms with E-state index in [4.69, 9.17) is 14.2 Å². The highest BCUT2D eigenvalue weighted by Gasteiger charge is 2.36. The summed E-state index contributed by atoms with van der Waals surface area (Å²) in [5.74, 6) is 0.989. The Bertz CT molecular complexity index is 505. The number of likely N-dealkylation sites (tertiary alicyclic amines) is 1. The maximum atomic E-state index is 11.8. The Balaban J connectivity index is 2.14. The molecule has 1 aliphatic heterocycles. The normalized spacial score (nSPS) is 22.1. The molecule has 116 valence electrons. The van der Waals surface area contributed by atoms with Crippen molar-refractivity contribution in [3.8, 4) is 11.5 Å². The van der Waals surface area contributed by atoms with E-state index in [0.29, 0.717) is 31.0 Å². The second kappa shape index (κ2) is 6.78. The maximum absolute atomic E-state index is 11.8. The van der Waals surface area contributed by atoms with Gasteiger partial charge in [-0.05, 0) is 17.7 Å². The zero-order valence-corrected chi connectivity index (χ0v) is 12.5. The molecule has 0 spiro atoms. The number of methoxy groups -OCH3 is 3. The minimum atomic E-state index is -0.505. The van der Waals surface area contributed by atoms with Crippen LogP contribution in [0.15, 0.2) is 18.2 Å². The number of β-amino-alcohol motifs (C(OH)–C–C–N with tert-alkyl or cyclic N) is 1. The summed E-state index contributed by atoms with van der Waals surface area (Å²) in [5, 5.41) is 9.78. The maximum Gasteiger partial charge on any atom is 0.323 e. The summed E-state index contributed by atoms with van der Waals surface area (Å²) in [6, 6.07) is 5.21. The van der Waals surface area contributed by atoms with E-state index < -0.39 is 12.1 Å². The molecule has 1 N–H and O–H groups in total. The molecule has 1 aliphatic rings. The van der Waals surface area contributed by atoms with Gasteiger partial charge in [0.1, 0.15) is 6.04 Å². The smallest absolute Gasteiger partial charge is 0.323 e. The quantitative estimate of drug-likeness (QED) is 0.811. The summed E-state index contributed by atoms with van der Waals surface area (Å²) in [6.07, 6.45) is -0.103. The van der Waals surface area contributed by atoms with Gasteiger partial charge in [0.2, 0.25) is 0 Å². The standard InChI is InChI=1S/C15H21NO5/c1-19-13-5-4-10(6-14(13)20-2)8-16-9-11(17)7-12(16)15(18)21-3/h4-6,11-12,17H,7-9H2,1-3H3. The Morgan fingerprint density at radius 2 is 2.00 bits per heavy atom. The largest absolute Gasteiger partial charge is 0.493 e. The molecule has 0 bridgehead atoms. The average Bonchev–Trinajstić information content (AvgIpc) is 2.86. The molecule has 6 nitrogen and oxygen atoms in total. The molecule has 2 atom stereocenters. The SMILES string of the molecule is COC(=O)C1CC(O)CN1Cc1ccc(OC)c(OC)c1. The fourth-order valence-electron chi connectivity index (χ4n) is 2.65. The fraction of sp³-hybridized carbons (Fsp3) is 0.533. The Hall–Kier alpha value is -1.79. The number of rotatable bonds is 5. The molecule has 2 rings (SSSR count). The van der Waals surface area contributed by atoms with Gasteiger partial charge in [0, 0.05) is 19.5 Å². The van der Waals surface area contributed by atoms with E-state index in [9.17, 15) is 9.90 Å². The van der Waals surface area contributed by atoms with Crippen molar-refractivity contribution in [2.45, 2.75) is 25.1 Å². The number of hydrogen-bond acceptors (Lipinski definition) is 6. The Morgan fingerprint density at radius 3 is 2.62 bits per heavy atom. The lowest BCUT2D eigenvalue weighted by atomic mass is 10.1. The molecule has 0 aromatic heterocycles. The van der Waals surface area contributed by atoms with E-state index in [1.54, 1.807) is 14.2 Å². The molecule has 2 unspecified atom stereocenters. The first kappa shape index (κ1) is 15.6. The second-order valence-electron chi connectivity index (χ2n) is 5.05. The van der Waals surface area contributed by atoms with E-state index in [2.05, 4.69) is 0 Å². The van der Waals surface area contributed by atoms with Crippen molar-refractivity contribution in [1.29, 1.82) is 0 Å². The number of ether oxygens (including phenoxy) is 3. The summed E-state index contributed by atoms with van der Waals surface area (Å²) in [7, 11) is 4.53. The highest BCUT2D eigenvalue weighted by atomic mass is 16.5. The van der Waals surface area contributed by atoms with Gasteiger partial charge in [-0.3, -0.25) is 9.69 Å². The van der Waals surface area contributed by atoms with Gasteiger partial charge in [-0.25, -0.2) is 0 Å². The van der Waals surface area contributed by atoms with E-state index >= 15 is 0 Å². The molecule has 21 heavy (non-hydrogen) atoms. The van der Waals surface area contributed by atoms with Crippen LogP contribution in [0.25, 0.3) is 0 Å². The second-order valence-corrected chi connectivity index (χ2v) is 5.05. The Morgan fingerprint density at radius 1 is 1.29 bits per heavy atom. The van der Waals surface area contributed by atoms with Gasteiger partial charge in [0.15, 0.2) is 11.5 Å². The molecule has 1 saturated heterocycles. The third kappa shape index (κ3) is 3.46. The summed E-state index contributed by atoms with van der Waals surface area (Å²) in [4.78, 5) is 13.7. The average molecular weight is 295 g/mol. The first-order valence-corrected chi connectivity index (χ1v) is 6.80. The lowest BCUT2D eigenvalue weighted by Crippen LogP contribution is -2.36. The number of esters is 1. The van der Waals surface area contributed by atoms with Gasteiger partial charge in [-0.2, -0.15) is 0 Å². The van der Waals surface area contributed by atoms with Crippen LogP contribution in [0.2, 0.25) is 0 Å². The van der Waals surface area contributed by atoms with E-state index in [1.165, 1.54) is 7.11 Å². The van der Waals surface area contributed by atoms with Crippen molar-refractivity contribution >= 4 is 5.97 Å². The molecule has 0 radical (unpaired) electrons. The van der Waals surface area contributed by atoms with Crippen LogP contribution in [-0.4, -0.2) is 56.0 Å². The van der Waals surface area contributed by atoms with E-state index in [-0.39, 0.29) is 5.97 Å². The van der Waals surface area contributed by atoms with Crippen LogP contribution in [0, 0.1) is 0 Å². The van der Waals surface area contributed by atoms with Gasteiger partial charge in [0.25, 0.3) is 0 Å². The highest BCUT2D eigenvalue weighted by Crippen LogP contribution is 2.29. The third-order valence-electron chi connectivity index (χ3n) is 3.69. The van der Waals surface area contributed by atoms with Crippen molar-refractivity contribution in [3.05, 3.63) is 23.8 Å². The molecule has 1 fully saturated rings. The van der Waals surface area contributed by atoms with Gasteiger partial charge in [-0.1, -0.05) is 6.07 Å². The molecule has 0 saturated carbocycles. The number of carbonyl (C=O) groups excluding carboxylic acids is 1. The highest BCUT2D eigenvalue weighted by molar-refractivity contribution is 5.76. The lowest BCUT2D eigenvalue weighted by Gasteiger charge is -2.22. The van der Waals surface area contributed by atoms with Crippen molar-refractivity contribution in [2.75, 3.05) is 27.9 Å². The van der Waals surface area contributed by atoms with Crippen LogP contribution in [0.4, 0.5) is 0 Å². The van der Waals surface area contributed by atoms with Crippen molar-refractivity contribution in [1.82, 2.24) is 4.90 Å². The summed E-state index contributed by atoms with van der Waals surface area (Å²) in [5.41, 5.74) is 0.982. The first-order valence-electron chi connectivity index (χ1n) is 6.80. The van der Waals surface area contributed by atoms with Crippen LogP contribution in [0.5, 0.6) is 11.5 Å². The third-order valence-corrected chi connectivity index (χ3v) is 3.69. The Kier molecular flexibility index (Phi) is 5.03. The van der Waals surface area contributed by atoms with Gasteiger partial charge in [0.05, 0.1) is 27.4 Å². The molecular formula is C15H21NO5. The molecule has 0 aliphatic carbocycles. The fourth-order valence-corrected chi connectivity index (χ4v) is 2.65. The van der Waals surface area contributed by atoms with Gasteiger partial charge in [-0.15, -0.1) is 0 Å². The van der Waals surface area contributed by atoms with Crippen molar-refractivity contribution < 1.29 is 24.1 Å². The molecule has 1 aromatic carbocycles. The zero-order chi connectivity index (χ0) is 15.4. The van der Waals surface area contributed by atoms with Gasteiger partial charge < -0.3 is 19.3 Å². The summed E-state index contributed by atoms with van der Waals surface area (Å²) < 4.78 is 15.3. The summed E-state index contributed by atoms with van der Waals surface area (Å²) in [6.45, 7) is 0.991. The van der Waals surface area contributed by atoms with Crippen LogP contribution < -0.4 is 9.47 Å². The minimum absolute atomic E-state index is 0.313. The zero-order valence-electron chi connectivity index (χ0n) is 12.5. The monoisotopic (exact) mass is 295 g/mol. The predicted molar refractivity (Wildman–Crippen MR) is 76.4 cm³/mol. The number of aliphatic hydroxyl groups is 1. The van der Waals surface area contributed by atoms with Crippen LogP contribution in [-0.2, 0) is 16.1 Å². The molecule has 1 aromatic rings.